The van der Waals surface area contributed by atoms with E-state index in [1.54, 1.807) is 17.2 Å². The van der Waals surface area contributed by atoms with Crippen LogP contribution in [0.5, 0.6) is 5.75 Å². The summed E-state index contributed by atoms with van der Waals surface area (Å²) >= 11 is 0. The first kappa shape index (κ1) is 33.3. The summed E-state index contributed by atoms with van der Waals surface area (Å²) in [5, 5.41) is 15.5. The van der Waals surface area contributed by atoms with E-state index in [0.29, 0.717) is 30.9 Å². The molecule has 254 valence electrons. The molecule has 1 amide bonds. The van der Waals surface area contributed by atoms with Gasteiger partial charge < -0.3 is 29.7 Å². The summed E-state index contributed by atoms with van der Waals surface area (Å²) in [5.41, 5.74) is -0.534. The summed E-state index contributed by atoms with van der Waals surface area (Å²) in [4.78, 5) is 39.5. The van der Waals surface area contributed by atoms with Crippen molar-refractivity contribution in [3.63, 3.8) is 0 Å². The SMILES string of the molecule is C=CC(=O)N1CCN(c2nc(=O)n3c4nc(c(F)cc24)-c2c(F)cccc2OCC(OC(C)C)C(O)C2=C3C(C(C)C)NC=C2)[C@@H](C)C1. The minimum Gasteiger partial charge on any atom is -0.490 e. The van der Waals surface area contributed by atoms with Gasteiger partial charge in [0.05, 0.1) is 28.8 Å². The number of halogens is 2. The third kappa shape index (κ3) is 5.85. The van der Waals surface area contributed by atoms with Crippen molar-refractivity contribution < 1.29 is 28.2 Å². The van der Waals surface area contributed by atoms with Crippen LogP contribution in [0.1, 0.15) is 34.6 Å². The third-order valence-corrected chi connectivity index (χ3v) is 8.96. The van der Waals surface area contributed by atoms with Crippen LogP contribution in [0.25, 0.3) is 28.0 Å². The number of hydrogen-bond acceptors (Lipinski definition) is 9. The number of piperazine rings is 1. The van der Waals surface area contributed by atoms with E-state index in [-0.39, 0.29) is 64.4 Å². The number of aliphatic hydroxyl groups excluding tert-OH is 1. The molecule has 3 aromatic rings. The summed E-state index contributed by atoms with van der Waals surface area (Å²) in [7, 11) is 0. The Labute approximate surface area is 277 Å². The van der Waals surface area contributed by atoms with Crippen molar-refractivity contribution in [2.75, 3.05) is 31.1 Å². The van der Waals surface area contributed by atoms with Gasteiger partial charge in [0.25, 0.3) is 0 Å². The highest BCUT2D eigenvalue weighted by atomic mass is 19.1. The zero-order valence-corrected chi connectivity index (χ0v) is 27.6. The second-order valence-corrected chi connectivity index (χ2v) is 12.9. The van der Waals surface area contributed by atoms with Crippen molar-refractivity contribution >= 4 is 28.5 Å². The molecule has 3 aliphatic rings. The molecule has 48 heavy (non-hydrogen) atoms. The van der Waals surface area contributed by atoms with Crippen molar-refractivity contribution in [2.45, 2.75) is 65.0 Å². The molecule has 0 aliphatic carbocycles. The number of rotatable bonds is 5. The quantitative estimate of drug-likeness (QED) is 0.393. The van der Waals surface area contributed by atoms with E-state index in [0.717, 1.165) is 0 Å². The summed E-state index contributed by atoms with van der Waals surface area (Å²) in [6, 6.07) is 4.51. The van der Waals surface area contributed by atoms with Gasteiger partial charge in [-0.1, -0.05) is 26.5 Å². The lowest BCUT2D eigenvalue weighted by molar-refractivity contribution is -0.126. The lowest BCUT2D eigenvalue weighted by atomic mass is 9.90. The number of dihydropyridines is 1. The fourth-order valence-corrected chi connectivity index (χ4v) is 6.71. The number of aromatic nitrogens is 3. The van der Waals surface area contributed by atoms with Crippen LogP contribution >= 0.6 is 0 Å². The van der Waals surface area contributed by atoms with Gasteiger partial charge in [-0.3, -0.25) is 4.79 Å². The summed E-state index contributed by atoms with van der Waals surface area (Å²) < 4.78 is 45.5. The van der Waals surface area contributed by atoms with E-state index in [2.05, 4.69) is 16.9 Å². The average molecular weight is 663 g/mol. The molecule has 2 bridgehead atoms. The molecule has 3 aliphatic heterocycles. The molecule has 1 fully saturated rings. The maximum atomic E-state index is 16.4. The highest BCUT2D eigenvalue weighted by Crippen LogP contribution is 2.39. The largest absolute Gasteiger partial charge is 0.490 e. The van der Waals surface area contributed by atoms with Gasteiger partial charge in [0.2, 0.25) is 5.91 Å². The Bertz CT molecular complexity index is 1890. The minimum absolute atomic E-state index is 0.000740. The second kappa shape index (κ2) is 13.1. The smallest absolute Gasteiger partial charge is 0.355 e. The van der Waals surface area contributed by atoms with E-state index in [1.165, 1.54) is 34.9 Å². The molecule has 3 unspecified atom stereocenters. The molecule has 0 radical (unpaired) electrons. The van der Waals surface area contributed by atoms with Gasteiger partial charge in [0.15, 0.2) is 11.5 Å². The van der Waals surface area contributed by atoms with Crippen LogP contribution in [-0.4, -0.2) is 87.1 Å². The van der Waals surface area contributed by atoms with Gasteiger partial charge in [0, 0.05) is 31.2 Å². The number of carbonyl (C=O) groups excluding carboxylic acids is 1. The second-order valence-electron chi connectivity index (χ2n) is 12.9. The van der Waals surface area contributed by atoms with Crippen molar-refractivity contribution in [3.05, 3.63) is 76.9 Å². The Morgan fingerprint density at radius 1 is 1.19 bits per heavy atom. The van der Waals surface area contributed by atoms with Crippen LogP contribution in [0.4, 0.5) is 14.6 Å². The zero-order valence-electron chi connectivity index (χ0n) is 27.6. The maximum Gasteiger partial charge on any atom is 0.355 e. The molecule has 5 heterocycles. The number of carbonyl (C=O) groups is 1. The van der Waals surface area contributed by atoms with Crippen LogP contribution in [0.2, 0.25) is 0 Å². The number of pyridine rings is 1. The molecule has 1 saturated heterocycles. The van der Waals surface area contributed by atoms with E-state index in [4.69, 9.17) is 14.5 Å². The number of ether oxygens (including phenoxy) is 2. The maximum absolute atomic E-state index is 16.4. The zero-order chi connectivity index (χ0) is 34.4. The Balaban J connectivity index is 1.69. The Morgan fingerprint density at radius 3 is 2.65 bits per heavy atom. The molecular formula is C35H40F2N6O5. The molecular weight excluding hydrogens is 622 g/mol. The number of anilines is 1. The van der Waals surface area contributed by atoms with E-state index < -0.39 is 35.6 Å². The molecule has 0 saturated carbocycles. The minimum atomic E-state index is -1.30. The fourth-order valence-electron chi connectivity index (χ4n) is 6.71. The number of amides is 1. The van der Waals surface area contributed by atoms with Crippen molar-refractivity contribution in [1.82, 2.24) is 24.8 Å². The van der Waals surface area contributed by atoms with E-state index >= 15 is 8.78 Å². The number of nitrogens with zero attached hydrogens (tertiary/aromatic N) is 5. The van der Waals surface area contributed by atoms with Crippen LogP contribution in [0.3, 0.4) is 0 Å². The molecule has 6 rings (SSSR count). The Morgan fingerprint density at radius 2 is 1.96 bits per heavy atom. The number of hydrogen-bond donors (Lipinski definition) is 2. The fraction of sp³-hybridized carbons (Fsp3) is 0.429. The predicted octanol–water partition coefficient (Wildman–Crippen LogP) is 3.86. The van der Waals surface area contributed by atoms with Crippen molar-refractivity contribution in [3.8, 4) is 17.0 Å². The third-order valence-electron chi connectivity index (χ3n) is 8.96. The number of aliphatic hydroxyl groups is 1. The van der Waals surface area contributed by atoms with Gasteiger partial charge in [0.1, 0.15) is 41.9 Å². The van der Waals surface area contributed by atoms with Gasteiger partial charge in [-0.15, -0.1) is 0 Å². The van der Waals surface area contributed by atoms with Gasteiger partial charge in [-0.2, -0.15) is 4.98 Å². The van der Waals surface area contributed by atoms with E-state index in [1.807, 2.05) is 39.5 Å². The van der Waals surface area contributed by atoms with Crippen LogP contribution < -0.4 is 20.6 Å². The summed E-state index contributed by atoms with van der Waals surface area (Å²) in [5.74, 6) is -1.76. The molecule has 2 aromatic heterocycles. The molecule has 0 spiro atoms. The molecule has 13 heteroatoms. The number of fused-ring (bicyclic) bond motifs is 4. The van der Waals surface area contributed by atoms with Crippen LogP contribution in [0.15, 0.2) is 59.6 Å². The standard InChI is InChI=1S/C35H40F2N6O5/c1-7-27(44)41-13-14-42(20(6)16-41)33-22-15-24(37)30-28-23(36)9-8-10-25(28)47-17-26(48-19(4)5)32(45)21-11-12-38-29(18(2)3)31(21)43(34(22)39-30)35(46)40-33/h7-12,15,18-20,26,29,32,38,45H,1,13-14,16-17H2,2-6H3/t20-,26?,29?,32?/m0/s1. The summed E-state index contributed by atoms with van der Waals surface area (Å²) in [6.07, 6.45) is 2.05. The summed E-state index contributed by atoms with van der Waals surface area (Å²) in [6.45, 7) is 13.8. The lowest BCUT2D eigenvalue weighted by Gasteiger charge is -2.40. The molecule has 11 nitrogen and oxygen atoms in total. The molecule has 1 aromatic carbocycles. The van der Waals surface area contributed by atoms with Crippen LogP contribution in [0, 0.1) is 17.6 Å². The topological polar surface area (TPSA) is 122 Å². The van der Waals surface area contributed by atoms with E-state index in [9.17, 15) is 14.7 Å². The average Bonchev–Trinajstić information content (AvgIpc) is 3.05. The molecule has 2 N–H and O–H groups in total. The molecule has 4 atom stereocenters. The van der Waals surface area contributed by atoms with Crippen molar-refractivity contribution in [2.24, 2.45) is 5.92 Å². The number of benzene rings is 1. The van der Waals surface area contributed by atoms with Crippen molar-refractivity contribution in [1.29, 1.82) is 0 Å². The first-order chi connectivity index (χ1) is 22.9. The van der Waals surface area contributed by atoms with Gasteiger partial charge in [-0.05, 0) is 63.2 Å². The predicted molar refractivity (Wildman–Crippen MR) is 178 cm³/mol. The highest BCUT2D eigenvalue weighted by Gasteiger charge is 2.37. The monoisotopic (exact) mass is 662 g/mol. The first-order valence-corrected chi connectivity index (χ1v) is 16.1. The highest BCUT2D eigenvalue weighted by molar-refractivity contribution is 5.92. The van der Waals surface area contributed by atoms with Gasteiger partial charge in [-0.25, -0.2) is 23.1 Å². The number of nitrogens with one attached hydrogen (secondary N) is 1. The first-order valence-electron chi connectivity index (χ1n) is 16.1. The lowest BCUT2D eigenvalue weighted by Crippen LogP contribution is -2.54. The Hall–Kier alpha value is -4.62. The van der Waals surface area contributed by atoms with Crippen LogP contribution in [-0.2, 0) is 9.53 Å². The van der Waals surface area contributed by atoms with Gasteiger partial charge >= 0.3 is 5.69 Å². The normalized spacial score (nSPS) is 22.6. The Kier molecular flexibility index (Phi) is 9.10.